The van der Waals surface area contributed by atoms with Crippen molar-refractivity contribution in [3.05, 3.63) is 0 Å². The van der Waals surface area contributed by atoms with Crippen LogP contribution in [0.4, 0.5) is 0 Å². The number of unbranched alkanes of at least 4 members (excludes halogenated alkanes) is 2. The molecule has 1 aliphatic rings. The summed E-state index contributed by atoms with van der Waals surface area (Å²) in [4.78, 5) is 14.0. The van der Waals surface area contributed by atoms with Gasteiger partial charge in [0.25, 0.3) is 0 Å². The Morgan fingerprint density at radius 2 is 2.06 bits per heavy atom. The third kappa shape index (κ3) is 5.53. The summed E-state index contributed by atoms with van der Waals surface area (Å²) in [6.45, 7) is 7.83. The number of nitrogens with zero attached hydrogens (tertiary/aromatic N) is 1. The Morgan fingerprint density at radius 3 is 2.59 bits per heavy atom. The van der Waals surface area contributed by atoms with E-state index in [0.29, 0.717) is 18.6 Å². The van der Waals surface area contributed by atoms with E-state index < -0.39 is 0 Å². The summed E-state index contributed by atoms with van der Waals surface area (Å²) in [7, 11) is 0. The quantitative estimate of drug-likeness (QED) is 0.628. The van der Waals surface area contributed by atoms with Crippen LogP contribution in [0.15, 0.2) is 0 Å². The number of rotatable bonds is 9. The molecule has 3 heteroatoms. The zero-order valence-corrected chi connectivity index (χ0v) is 11.7. The molecule has 100 valence electrons. The van der Waals surface area contributed by atoms with Crippen LogP contribution in [0.5, 0.6) is 0 Å². The van der Waals surface area contributed by atoms with Crippen molar-refractivity contribution in [3.63, 3.8) is 0 Å². The van der Waals surface area contributed by atoms with Crippen LogP contribution in [0.1, 0.15) is 59.3 Å². The summed E-state index contributed by atoms with van der Waals surface area (Å²) >= 11 is 0. The van der Waals surface area contributed by atoms with Gasteiger partial charge >= 0.3 is 0 Å². The van der Waals surface area contributed by atoms with Crippen LogP contribution in [0.2, 0.25) is 0 Å². The zero-order chi connectivity index (χ0) is 12.7. The van der Waals surface area contributed by atoms with Crippen LogP contribution in [0, 0.1) is 0 Å². The van der Waals surface area contributed by atoms with Crippen LogP contribution >= 0.6 is 0 Å². The minimum Gasteiger partial charge on any atom is -0.339 e. The number of carbonyl (C=O) groups excluding carboxylic acids is 1. The molecule has 1 rings (SSSR count). The number of nitrogens with one attached hydrogen (secondary N) is 1. The van der Waals surface area contributed by atoms with Crippen molar-refractivity contribution in [2.75, 3.05) is 13.1 Å². The summed E-state index contributed by atoms with van der Waals surface area (Å²) in [5.41, 5.74) is 0. The highest BCUT2D eigenvalue weighted by Gasteiger charge is 2.30. The average Bonchev–Trinajstić information content (AvgIpc) is 3.12. The summed E-state index contributed by atoms with van der Waals surface area (Å²) in [5, 5.41) is 3.35. The van der Waals surface area contributed by atoms with Crippen LogP contribution in [-0.2, 0) is 4.79 Å². The second-order valence-electron chi connectivity index (χ2n) is 5.19. The van der Waals surface area contributed by atoms with Crippen molar-refractivity contribution in [3.8, 4) is 0 Å². The maximum atomic E-state index is 12.0. The smallest absolute Gasteiger partial charge is 0.236 e. The van der Waals surface area contributed by atoms with Gasteiger partial charge in [-0.3, -0.25) is 4.79 Å². The van der Waals surface area contributed by atoms with E-state index in [0.717, 1.165) is 6.54 Å². The molecule has 0 aliphatic heterocycles. The molecule has 1 fully saturated rings. The molecule has 0 radical (unpaired) electrons. The molecule has 1 saturated carbocycles. The number of carbonyl (C=O) groups is 1. The summed E-state index contributed by atoms with van der Waals surface area (Å²) < 4.78 is 0. The molecule has 1 aliphatic carbocycles. The van der Waals surface area contributed by atoms with Gasteiger partial charge in [0, 0.05) is 18.6 Å². The van der Waals surface area contributed by atoms with Crippen molar-refractivity contribution >= 4 is 5.91 Å². The highest BCUT2D eigenvalue weighted by atomic mass is 16.2. The van der Waals surface area contributed by atoms with Crippen LogP contribution in [-0.4, -0.2) is 36.0 Å². The van der Waals surface area contributed by atoms with Crippen LogP contribution in [0.25, 0.3) is 0 Å². The van der Waals surface area contributed by atoms with Gasteiger partial charge in [-0.15, -0.1) is 0 Å². The lowest BCUT2D eigenvalue weighted by Crippen LogP contribution is -2.41. The van der Waals surface area contributed by atoms with E-state index in [-0.39, 0.29) is 5.91 Å². The lowest BCUT2D eigenvalue weighted by atomic mass is 10.1. The molecule has 0 heterocycles. The van der Waals surface area contributed by atoms with Gasteiger partial charge in [0.15, 0.2) is 0 Å². The highest BCUT2D eigenvalue weighted by molar-refractivity contribution is 5.78. The minimum absolute atomic E-state index is 0.275. The van der Waals surface area contributed by atoms with E-state index in [4.69, 9.17) is 0 Å². The highest BCUT2D eigenvalue weighted by Crippen LogP contribution is 2.26. The Kier molecular flexibility index (Phi) is 6.56. The summed E-state index contributed by atoms with van der Waals surface area (Å²) in [5.74, 6) is 0.275. The predicted molar refractivity (Wildman–Crippen MR) is 72.0 cm³/mol. The molecule has 1 atom stereocenters. The Morgan fingerprint density at radius 1 is 1.35 bits per heavy atom. The first-order chi connectivity index (χ1) is 8.19. The minimum atomic E-state index is 0.275. The van der Waals surface area contributed by atoms with Crippen molar-refractivity contribution < 1.29 is 4.79 Å². The number of amides is 1. The van der Waals surface area contributed by atoms with Gasteiger partial charge in [0.2, 0.25) is 5.91 Å². The van der Waals surface area contributed by atoms with E-state index in [2.05, 4.69) is 26.1 Å². The largest absolute Gasteiger partial charge is 0.339 e. The molecule has 0 bridgehead atoms. The summed E-state index contributed by atoms with van der Waals surface area (Å²) in [6.07, 6.45) is 7.40. The van der Waals surface area contributed by atoms with E-state index in [9.17, 15) is 4.79 Å². The van der Waals surface area contributed by atoms with E-state index in [1.54, 1.807) is 0 Å². The standard InChI is InChI=1S/C14H28N2O/c1-4-6-7-8-12(3)15-11-14(17)16(5-2)13-9-10-13/h12-13,15H,4-11H2,1-3H3. The Balaban J connectivity index is 2.13. The fraction of sp³-hybridized carbons (Fsp3) is 0.929. The SMILES string of the molecule is CCCCCC(C)NCC(=O)N(CC)C1CC1. The molecular weight excluding hydrogens is 212 g/mol. The molecule has 0 aromatic carbocycles. The van der Waals surface area contributed by atoms with Gasteiger partial charge in [-0.25, -0.2) is 0 Å². The number of hydrogen-bond acceptors (Lipinski definition) is 2. The first-order valence-corrected chi connectivity index (χ1v) is 7.21. The molecule has 0 aromatic heterocycles. The second-order valence-corrected chi connectivity index (χ2v) is 5.19. The molecule has 0 spiro atoms. The van der Waals surface area contributed by atoms with Crippen molar-refractivity contribution in [1.82, 2.24) is 10.2 Å². The summed E-state index contributed by atoms with van der Waals surface area (Å²) in [6, 6.07) is 1.01. The molecule has 1 unspecified atom stereocenters. The Labute approximate surface area is 106 Å². The molecule has 1 N–H and O–H groups in total. The molecule has 17 heavy (non-hydrogen) atoms. The first kappa shape index (κ1) is 14.5. The topological polar surface area (TPSA) is 32.3 Å². The first-order valence-electron chi connectivity index (χ1n) is 7.21. The van der Waals surface area contributed by atoms with Gasteiger partial charge in [0.1, 0.15) is 0 Å². The lowest BCUT2D eigenvalue weighted by molar-refractivity contribution is -0.130. The zero-order valence-electron chi connectivity index (χ0n) is 11.7. The third-order valence-electron chi connectivity index (χ3n) is 3.49. The average molecular weight is 240 g/mol. The molecule has 3 nitrogen and oxygen atoms in total. The van der Waals surface area contributed by atoms with Crippen LogP contribution < -0.4 is 5.32 Å². The Bertz CT molecular complexity index is 226. The fourth-order valence-electron chi connectivity index (χ4n) is 2.19. The molecule has 1 amide bonds. The number of hydrogen-bond donors (Lipinski definition) is 1. The van der Waals surface area contributed by atoms with Crippen molar-refractivity contribution in [2.45, 2.75) is 71.4 Å². The van der Waals surface area contributed by atoms with Gasteiger partial charge in [-0.1, -0.05) is 26.2 Å². The molecule has 0 saturated heterocycles. The van der Waals surface area contributed by atoms with Gasteiger partial charge < -0.3 is 10.2 Å². The third-order valence-corrected chi connectivity index (χ3v) is 3.49. The molecular formula is C14H28N2O. The maximum absolute atomic E-state index is 12.0. The fourth-order valence-corrected chi connectivity index (χ4v) is 2.19. The normalized spacial score (nSPS) is 16.9. The molecule has 0 aromatic rings. The van der Waals surface area contributed by atoms with Gasteiger partial charge in [-0.05, 0) is 33.1 Å². The van der Waals surface area contributed by atoms with E-state index in [1.807, 2.05) is 4.90 Å². The lowest BCUT2D eigenvalue weighted by Gasteiger charge is -2.22. The van der Waals surface area contributed by atoms with Crippen molar-refractivity contribution in [2.24, 2.45) is 0 Å². The van der Waals surface area contributed by atoms with Crippen LogP contribution in [0.3, 0.4) is 0 Å². The van der Waals surface area contributed by atoms with E-state index >= 15 is 0 Å². The van der Waals surface area contributed by atoms with Gasteiger partial charge in [0.05, 0.1) is 6.54 Å². The Hall–Kier alpha value is -0.570. The second kappa shape index (κ2) is 7.70. The maximum Gasteiger partial charge on any atom is 0.236 e. The number of likely N-dealkylation sites (N-methyl/N-ethyl adjacent to an activating group) is 1. The van der Waals surface area contributed by atoms with E-state index in [1.165, 1.54) is 38.5 Å². The van der Waals surface area contributed by atoms with Gasteiger partial charge in [-0.2, -0.15) is 0 Å². The predicted octanol–water partition coefficient (Wildman–Crippen LogP) is 2.56. The van der Waals surface area contributed by atoms with Crippen molar-refractivity contribution in [1.29, 1.82) is 0 Å². The monoisotopic (exact) mass is 240 g/mol.